The standard InChI is InChI=1S/C11H13ClN4O2/c1-17-5-4-13-7-10-15-11(16-18-10)9-3-2-8(12)6-14-9/h2-3,6,13H,4-5,7H2,1H3. The zero-order valence-corrected chi connectivity index (χ0v) is 10.6. The summed E-state index contributed by atoms with van der Waals surface area (Å²) in [6.07, 6.45) is 1.55. The fourth-order valence-corrected chi connectivity index (χ4v) is 1.42. The van der Waals surface area contributed by atoms with Gasteiger partial charge in [-0.3, -0.25) is 4.98 Å². The van der Waals surface area contributed by atoms with Crippen LogP contribution in [0.1, 0.15) is 5.89 Å². The predicted octanol–water partition coefficient (Wildman–Crippen LogP) is 1.52. The largest absolute Gasteiger partial charge is 0.383 e. The van der Waals surface area contributed by atoms with Crippen LogP contribution >= 0.6 is 11.6 Å². The maximum atomic E-state index is 5.75. The molecule has 18 heavy (non-hydrogen) atoms. The van der Waals surface area contributed by atoms with E-state index < -0.39 is 0 Å². The maximum absolute atomic E-state index is 5.75. The number of rotatable bonds is 6. The molecule has 0 aliphatic rings. The SMILES string of the molecule is COCCNCc1nc(-c2ccc(Cl)cn2)no1. The van der Waals surface area contributed by atoms with Crippen LogP contribution in [-0.4, -0.2) is 35.4 Å². The topological polar surface area (TPSA) is 73.1 Å². The van der Waals surface area contributed by atoms with E-state index in [-0.39, 0.29) is 0 Å². The van der Waals surface area contributed by atoms with Gasteiger partial charge in [-0.2, -0.15) is 4.98 Å². The van der Waals surface area contributed by atoms with E-state index in [2.05, 4.69) is 20.4 Å². The quantitative estimate of drug-likeness (QED) is 0.801. The molecule has 0 radical (unpaired) electrons. The molecular weight excluding hydrogens is 256 g/mol. The summed E-state index contributed by atoms with van der Waals surface area (Å²) in [6.45, 7) is 1.87. The highest BCUT2D eigenvalue weighted by molar-refractivity contribution is 6.30. The number of aromatic nitrogens is 3. The van der Waals surface area contributed by atoms with E-state index in [1.165, 1.54) is 0 Å². The molecule has 96 valence electrons. The minimum absolute atomic E-state index is 0.454. The minimum atomic E-state index is 0.454. The van der Waals surface area contributed by atoms with Gasteiger partial charge in [0.25, 0.3) is 0 Å². The Balaban J connectivity index is 1.95. The van der Waals surface area contributed by atoms with Crippen molar-refractivity contribution < 1.29 is 9.26 Å². The van der Waals surface area contributed by atoms with Crippen LogP contribution in [-0.2, 0) is 11.3 Å². The Morgan fingerprint density at radius 2 is 2.33 bits per heavy atom. The monoisotopic (exact) mass is 268 g/mol. The van der Waals surface area contributed by atoms with Gasteiger partial charge in [-0.1, -0.05) is 16.8 Å². The van der Waals surface area contributed by atoms with Crippen LogP contribution in [0.3, 0.4) is 0 Å². The lowest BCUT2D eigenvalue weighted by atomic mass is 10.3. The first-order chi connectivity index (χ1) is 8.79. The zero-order valence-electron chi connectivity index (χ0n) is 9.89. The molecule has 0 atom stereocenters. The summed E-state index contributed by atoms with van der Waals surface area (Å²) in [7, 11) is 1.65. The molecule has 0 aliphatic carbocycles. The van der Waals surface area contributed by atoms with E-state index in [1.807, 2.05) is 0 Å². The number of hydrogen-bond acceptors (Lipinski definition) is 6. The molecule has 7 heteroatoms. The molecule has 0 spiro atoms. The van der Waals surface area contributed by atoms with Crippen LogP contribution in [0, 0.1) is 0 Å². The number of methoxy groups -OCH3 is 1. The molecule has 0 fully saturated rings. The first-order valence-electron chi connectivity index (χ1n) is 5.44. The first kappa shape index (κ1) is 12.9. The number of ether oxygens (including phenoxy) is 1. The Morgan fingerprint density at radius 3 is 3.06 bits per heavy atom. The highest BCUT2D eigenvalue weighted by Crippen LogP contribution is 2.15. The number of pyridine rings is 1. The van der Waals surface area contributed by atoms with Crippen molar-refractivity contribution in [3.05, 3.63) is 29.2 Å². The van der Waals surface area contributed by atoms with Gasteiger partial charge in [0.2, 0.25) is 11.7 Å². The van der Waals surface area contributed by atoms with Crippen LogP contribution in [0.15, 0.2) is 22.9 Å². The predicted molar refractivity (Wildman–Crippen MR) is 66.1 cm³/mol. The van der Waals surface area contributed by atoms with E-state index >= 15 is 0 Å². The molecule has 0 saturated heterocycles. The highest BCUT2D eigenvalue weighted by Gasteiger charge is 2.09. The fraction of sp³-hybridized carbons (Fsp3) is 0.364. The van der Waals surface area contributed by atoms with Crippen LogP contribution in [0.4, 0.5) is 0 Å². The first-order valence-corrected chi connectivity index (χ1v) is 5.81. The lowest BCUT2D eigenvalue weighted by Gasteiger charge is -1.98. The van der Waals surface area contributed by atoms with Gasteiger partial charge in [0, 0.05) is 19.9 Å². The average Bonchev–Trinajstić information content (AvgIpc) is 2.84. The van der Waals surface area contributed by atoms with E-state index in [4.69, 9.17) is 20.9 Å². The Morgan fingerprint density at radius 1 is 1.44 bits per heavy atom. The van der Waals surface area contributed by atoms with E-state index in [1.54, 1.807) is 25.4 Å². The molecule has 1 N–H and O–H groups in total. The van der Waals surface area contributed by atoms with Crippen molar-refractivity contribution in [1.29, 1.82) is 0 Å². The van der Waals surface area contributed by atoms with Crippen LogP contribution < -0.4 is 5.32 Å². The third-order valence-electron chi connectivity index (χ3n) is 2.18. The van der Waals surface area contributed by atoms with Crippen LogP contribution in [0.5, 0.6) is 0 Å². The fourth-order valence-electron chi connectivity index (χ4n) is 1.31. The van der Waals surface area contributed by atoms with E-state index in [0.717, 1.165) is 6.54 Å². The maximum Gasteiger partial charge on any atom is 0.240 e. The summed E-state index contributed by atoms with van der Waals surface area (Å²) in [5.74, 6) is 0.966. The molecule has 0 saturated carbocycles. The lowest BCUT2D eigenvalue weighted by molar-refractivity contribution is 0.197. The normalized spacial score (nSPS) is 10.8. The van der Waals surface area contributed by atoms with Crippen LogP contribution in [0.25, 0.3) is 11.5 Å². The molecule has 0 aliphatic heterocycles. The van der Waals surface area contributed by atoms with Crippen molar-refractivity contribution in [1.82, 2.24) is 20.4 Å². The summed E-state index contributed by atoms with van der Waals surface area (Å²) in [5, 5.41) is 7.54. The molecule has 0 bridgehead atoms. The average molecular weight is 269 g/mol. The van der Waals surface area contributed by atoms with Gasteiger partial charge in [-0.15, -0.1) is 0 Å². The van der Waals surface area contributed by atoms with Gasteiger partial charge in [0.1, 0.15) is 5.69 Å². The molecule has 0 aromatic carbocycles. The number of halogens is 1. The van der Waals surface area contributed by atoms with Crippen molar-refractivity contribution in [2.45, 2.75) is 6.54 Å². The van der Waals surface area contributed by atoms with Crippen LogP contribution in [0.2, 0.25) is 5.02 Å². The van der Waals surface area contributed by atoms with Crippen molar-refractivity contribution in [3.8, 4) is 11.5 Å². The third kappa shape index (κ3) is 3.49. The smallest absolute Gasteiger partial charge is 0.240 e. The second kappa shape index (κ2) is 6.44. The molecule has 2 aromatic heterocycles. The van der Waals surface area contributed by atoms with E-state index in [0.29, 0.717) is 35.6 Å². The van der Waals surface area contributed by atoms with Crippen molar-refractivity contribution in [3.63, 3.8) is 0 Å². The Kier molecular flexibility index (Phi) is 4.63. The van der Waals surface area contributed by atoms with Gasteiger partial charge >= 0.3 is 0 Å². The molecule has 2 rings (SSSR count). The summed E-state index contributed by atoms with van der Waals surface area (Å²) < 4.78 is 10.0. The number of hydrogen-bond donors (Lipinski definition) is 1. The summed E-state index contributed by atoms with van der Waals surface area (Å²) in [4.78, 5) is 8.34. The van der Waals surface area contributed by atoms with Gasteiger partial charge in [0.15, 0.2) is 0 Å². The second-order valence-corrected chi connectivity index (χ2v) is 3.98. The molecule has 2 heterocycles. The van der Waals surface area contributed by atoms with Gasteiger partial charge in [-0.05, 0) is 12.1 Å². The number of nitrogens with zero attached hydrogens (tertiary/aromatic N) is 3. The summed E-state index contributed by atoms with van der Waals surface area (Å²) in [6, 6.07) is 3.48. The van der Waals surface area contributed by atoms with E-state index in [9.17, 15) is 0 Å². The molecular formula is C11H13ClN4O2. The third-order valence-corrected chi connectivity index (χ3v) is 2.41. The second-order valence-electron chi connectivity index (χ2n) is 3.54. The molecule has 2 aromatic rings. The lowest BCUT2D eigenvalue weighted by Crippen LogP contribution is -2.18. The molecule has 6 nitrogen and oxygen atoms in total. The van der Waals surface area contributed by atoms with Crippen molar-refractivity contribution in [2.24, 2.45) is 0 Å². The van der Waals surface area contributed by atoms with Crippen molar-refractivity contribution >= 4 is 11.6 Å². The van der Waals surface area contributed by atoms with Gasteiger partial charge < -0.3 is 14.6 Å². The summed E-state index contributed by atoms with van der Waals surface area (Å²) in [5.41, 5.74) is 0.631. The Bertz CT molecular complexity index is 486. The number of nitrogens with one attached hydrogen (secondary N) is 1. The van der Waals surface area contributed by atoms with Gasteiger partial charge in [-0.25, -0.2) is 0 Å². The Labute approximate surface area is 109 Å². The zero-order chi connectivity index (χ0) is 12.8. The minimum Gasteiger partial charge on any atom is -0.383 e. The van der Waals surface area contributed by atoms with Gasteiger partial charge in [0.05, 0.1) is 18.2 Å². The van der Waals surface area contributed by atoms with Crippen molar-refractivity contribution in [2.75, 3.05) is 20.3 Å². The summed E-state index contributed by atoms with van der Waals surface area (Å²) >= 11 is 5.75. The molecule has 0 amide bonds. The highest BCUT2D eigenvalue weighted by atomic mass is 35.5. The Hall–Kier alpha value is -1.50. The molecule has 0 unspecified atom stereocenters.